The van der Waals surface area contributed by atoms with E-state index in [2.05, 4.69) is 15.2 Å². The number of carboxylic acid groups (broad SMARTS) is 1. The molecule has 0 saturated carbocycles. The van der Waals surface area contributed by atoms with E-state index >= 15 is 0 Å². The van der Waals surface area contributed by atoms with E-state index in [1.165, 1.54) is 12.3 Å². The van der Waals surface area contributed by atoms with E-state index in [1.807, 2.05) is 60.7 Å². The Labute approximate surface area is 162 Å². The van der Waals surface area contributed by atoms with E-state index in [4.69, 9.17) is 0 Å². The summed E-state index contributed by atoms with van der Waals surface area (Å²) in [6.45, 7) is 0. The Bertz CT molecular complexity index is 986. The standard InChI is InChI=1S/C22H19N3O3/c26-21-14-19(25-24-18-9-5-2-6-10-18)12-11-17(21)15-23-20(22(27)28)13-16-7-3-1-4-8-16/h1-12,14-15,20,26H,13H2,(H,27,28)/t20-/m0/s1. The molecule has 0 aromatic heterocycles. The summed E-state index contributed by atoms with van der Waals surface area (Å²) in [6.07, 6.45) is 1.64. The quantitative estimate of drug-likeness (QED) is 0.454. The maximum atomic E-state index is 11.5. The van der Waals surface area contributed by atoms with Crippen LogP contribution >= 0.6 is 0 Å². The molecule has 2 N–H and O–H groups in total. The first kappa shape index (κ1) is 19.0. The third-order valence-electron chi connectivity index (χ3n) is 4.00. The second-order valence-electron chi connectivity index (χ2n) is 6.10. The largest absolute Gasteiger partial charge is 0.507 e. The van der Waals surface area contributed by atoms with Crippen LogP contribution in [0.4, 0.5) is 11.4 Å². The van der Waals surface area contributed by atoms with Crippen molar-refractivity contribution in [2.24, 2.45) is 15.2 Å². The van der Waals surface area contributed by atoms with E-state index in [9.17, 15) is 15.0 Å². The zero-order valence-electron chi connectivity index (χ0n) is 15.0. The van der Waals surface area contributed by atoms with E-state index in [0.29, 0.717) is 16.9 Å². The summed E-state index contributed by atoms with van der Waals surface area (Å²) in [4.78, 5) is 15.6. The summed E-state index contributed by atoms with van der Waals surface area (Å²) in [5.41, 5.74) is 2.49. The molecule has 6 nitrogen and oxygen atoms in total. The molecule has 3 aromatic carbocycles. The number of phenolic OH excluding ortho intramolecular Hbond substituents is 1. The molecule has 3 rings (SSSR count). The van der Waals surface area contributed by atoms with Crippen LogP contribution in [0.5, 0.6) is 5.75 Å². The van der Waals surface area contributed by atoms with Crippen molar-refractivity contribution in [2.75, 3.05) is 0 Å². The summed E-state index contributed by atoms with van der Waals surface area (Å²) in [6, 6.07) is 22.4. The van der Waals surface area contributed by atoms with Crippen molar-refractivity contribution in [1.29, 1.82) is 0 Å². The number of benzene rings is 3. The molecule has 0 aliphatic rings. The second-order valence-corrected chi connectivity index (χ2v) is 6.10. The first-order valence-corrected chi connectivity index (χ1v) is 8.71. The molecule has 0 aliphatic carbocycles. The minimum absolute atomic E-state index is 0.0443. The lowest BCUT2D eigenvalue weighted by Gasteiger charge is -2.08. The van der Waals surface area contributed by atoms with Gasteiger partial charge in [-0.1, -0.05) is 48.5 Å². The lowest BCUT2D eigenvalue weighted by Crippen LogP contribution is -2.20. The van der Waals surface area contributed by atoms with Crippen LogP contribution < -0.4 is 0 Å². The molecular formula is C22H19N3O3. The number of phenols is 1. The molecule has 0 unspecified atom stereocenters. The molecule has 0 aliphatic heterocycles. The van der Waals surface area contributed by atoms with Crippen molar-refractivity contribution < 1.29 is 15.0 Å². The van der Waals surface area contributed by atoms with E-state index in [1.54, 1.807) is 12.1 Å². The van der Waals surface area contributed by atoms with Crippen LogP contribution in [0.25, 0.3) is 0 Å². The van der Waals surface area contributed by atoms with Crippen LogP contribution in [0.2, 0.25) is 0 Å². The first-order chi connectivity index (χ1) is 13.6. The SMILES string of the molecule is O=C(O)[C@H](Cc1ccccc1)N=Cc1ccc(N=Nc2ccccc2)cc1O. The zero-order chi connectivity index (χ0) is 19.8. The molecule has 140 valence electrons. The highest BCUT2D eigenvalue weighted by molar-refractivity contribution is 5.86. The van der Waals surface area contributed by atoms with Gasteiger partial charge in [0.2, 0.25) is 0 Å². The van der Waals surface area contributed by atoms with Crippen LogP contribution in [0.15, 0.2) is 94.1 Å². The number of aromatic hydroxyl groups is 1. The van der Waals surface area contributed by atoms with Gasteiger partial charge in [-0.3, -0.25) is 4.99 Å². The number of aliphatic imine (C=N–C) groups is 1. The number of aliphatic carboxylic acids is 1. The highest BCUT2D eigenvalue weighted by atomic mass is 16.4. The molecule has 0 radical (unpaired) electrons. The molecule has 0 spiro atoms. The molecule has 6 heteroatoms. The monoisotopic (exact) mass is 373 g/mol. The van der Waals surface area contributed by atoms with Gasteiger partial charge in [-0.05, 0) is 29.8 Å². The summed E-state index contributed by atoms with van der Waals surface area (Å²) in [5, 5.41) is 27.8. The molecule has 28 heavy (non-hydrogen) atoms. The number of hydrogen-bond acceptors (Lipinski definition) is 5. The van der Waals surface area contributed by atoms with Gasteiger partial charge in [0.15, 0.2) is 6.04 Å². The predicted octanol–water partition coefficient (Wildman–Crippen LogP) is 4.92. The molecule has 0 saturated heterocycles. The third-order valence-corrected chi connectivity index (χ3v) is 4.00. The van der Waals surface area contributed by atoms with Gasteiger partial charge in [0.05, 0.1) is 11.4 Å². The Morgan fingerprint density at radius 2 is 1.54 bits per heavy atom. The Kier molecular flexibility index (Phi) is 6.25. The maximum absolute atomic E-state index is 11.5. The van der Waals surface area contributed by atoms with Crippen molar-refractivity contribution >= 4 is 23.6 Å². The molecule has 0 fully saturated rings. The number of carbonyl (C=O) groups is 1. The molecule has 1 atom stereocenters. The molecule has 0 bridgehead atoms. The van der Waals surface area contributed by atoms with Crippen molar-refractivity contribution in [1.82, 2.24) is 0 Å². The van der Waals surface area contributed by atoms with Gasteiger partial charge in [0.25, 0.3) is 0 Å². The first-order valence-electron chi connectivity index (χ1n) is 8.71. The minimum Gasteiger partial charge on any atom is -0.507 e. The van der Waals surface area contributed by atoms with Crippen molar-refractivity contribution in [3.8, 4) is 5.75 Å². The summed E-state index contributed by atoms with van der Waals surface area (Å²) < 4.78 is 0. The van der Waals surface area contributed by atoms with Gasteiger partial charge in [-0.25, -0.2) is 4.79 Å². The third kappa shape index (κ3) is 5.35. The number of carboxylic acids is 1. The van der Waals surface area contributed by atoms with Gasteiger partial charge in [-0.15, -0.1) is 0 Å². The summed E-state index contributed by atoms with van der Waals surface area (Å²) in [7, 11) is 0. The van der Waals surface area contributed by atoms with Crippen LogP contribution in [-0.4, -0.2) is 28.4 Å². The summed E-state index contributed by atoms with van der Waals surface area (Å²) >= 11 is 0. The number of azo groups is 1. The number of nitrogens with zero attached hydrogens (tertiary/aromatic N) is 3. The smallest absolute Gasteiger partial charge is 0.328 e. The average Bonchev–Trinajstić information content (AvgIpc) is 2.72. The summed E-state index contributed by atoms with van der Waals surface area (Å²) in [5.74, 6) is -1.06. The fraction of sp³-hybridized carbons (Fsp3) is 0.0909. The zero-order valence-corrected chi connectivity index (χ0v) is 15.0. The molecular weight excluding hydrogens is 354 g/mol. The maximum Gasteiger partial charge on any atom is 0.328 e. The van der Waals surface area contributed by atoms with Crippen LogP contribution in [0, 0.1) is 0 Å². The van der Waals surface area contributed by atoms with Crippen LogP contribution in [0.1, 0.15) is 11.1 Å². The van der Waals surface area contributed by atoms with E-state index in [0.717, 1.165) is 5.56 Å². The Hall–Kier alpha value is -3.80. The molecule has 0 heterocycles. The molecule has 0 amide bonds. The number of hydrogen-bond donors (Lipinski definition) is 2. The highest BCUT2D eigenvalue weighted by Gasteiger charge is 2.16. The van der Waals surface area contributed by atoms with Crippen LogP contribution in [-0.2, 0) is 11.2 Å². The predicted molar refractivity (Wildman–Crippen MR) is 108 cm³/mol. The normalized spacial score (nSPS) is 12.4. The minimum atomic E-state index is -1.02. The van der Waals surface area contributed by atoms with Gasteiger partial charge in [0.1, 0.15) is 5.75 Å². The Morgan fingerprint density at radius 1 is 0.893 bits per heavy atom. The number of rotatable bonds is 7. The van der Waals surface area contributed by atoms with Crippen molar-refractivity contribution in [3.63, 3.8) is 0 Å². The fourth-order valence-corrected chi connectivity index (χ4v) is 2.52. The van der Waals surface area contributed by atoms with Gasteiger partial charge in [0, 0.05) is 24.3 Å². The lowest BCUT2D eigenvalue weighted by atomic mass is 10.1. The van der Waals surface area contributed by atoms with Gasteiger partial charge < -0.3 is 10.2 Å². The van der Waals surface area contributed by atoms with E-state index in [-0.39, 0.29) is 12.2 Å². The lowest BCUT2D eigenvalue weighted by molar-refractivity contribution is -0.138. The second kappa shape index (κ2) is 9.23. The van der Waals surface area contributed by atoms with Gasteiger partial charge in [-0.2, -0.15) is 10.2 Å². The fourth-order valence-electron chi connectivity index (χ4n) is 2.52. The average molecular weight is 373 g/mol. The highest BCUT2D eigenvalue weighted by Crippen LogP contribution is 2.25. The Balaban J connectivity index is 1.72. The topological polar surface area (TPSA) is 94.6 Å². The molecule has 3 aromatic rings. The van der Waals surface area contributed by atoms with Crippen molar-refractivity contribution in [2.45, 2.75) is 12.5 Å². The van der Waals surface area contributed by atoms with Crippen LogP contribution in [0.3, 0.4) is 0 Å². The van der Waals surface area contributed by atoms with Crippen molar-refractivity contribution in [3.05, 3.63) is 90.0 Å². The van der Waals surface area contributed by atoms with E-state index < -0.39 is 12.0 Å². The van der Waals surface area contributed by atoms with Gasteiger partial charge >= 0.3 is 5.97 Å². The Morgan fingerprint density at radius 3 is 2.18 bits per heavy atom.